The van der Waals surface area contributed by atoms with Crippen LogP contribution in [0, 0.1) is 6.92 Å². The van der Waals surface area contributed by atoms with E-state index in [1.165, 1.54) is 18.4 Å². The molecule has 1 aromatic carbocycles. The lowest BCUT2D eigenvalue weighted by atomic mass is 10.1. The maximum atomic E-state index is 4.64. The third kappa shape index (κ3) is 2.66. The highest BCUT2D eigenvalue weighted by Crippen LogP contribution is 2.33. The second-order valence-electron chi connectivity index (χ2n) is 4.72. The second-order valence-corrected chi connectivity index (χ2v) is 6.47. The molecule has 2 nitrogen and oxygen atoms in total. The Hall–Kier alpha value is -0.710. The summed E-state index contributed by atoms with van der Waals surface area (Å²) in [6.07, 6.45) is 2.57. The highest BCUT2D eigenvalue weighted by Gasteiger charge is 2.28. The lowest BCUT2D eigenvalue weighted by Crippen LogP contribution is -2.24. The first kappa shape index (κ1) is 12.3. The zero-order valence-corrected chi connectivity index (χ0v) is 12.6. The smallest absolute Gasteiger partial charge is 0.114 e. The molecule has 1 aliphatic rings. The van der Waals surface area contributed by atoms with Crippen LogP contribution in [0.15, 0.2) is 34.1 Å². The van der Waals surface area contributed by atoms with Gasteiger partial charge in [0.1, 0.15) is 5.01 Å². The molecule has 3 rings (SSSR count). The van der Waals surface area contributed by atoms with E-state index in [2.05, 4.69) is 55.9 Å². The Kier molecular flexibility index (Phi) is 3.50. The molecule has 1 fully saturated rings. The zero-order chi connectivity index (χ0) is 12.5. The SMILES string of the molecule is Cc1csc(C(NC2CC2)c2ccccc2Br)n1. The van der Waals surface area contributed by atoms with Gasteiger partial charge in [-0.05, 0) is 31.4 Å². The lowest BCUT2D eigenvalue weighted by molar-refractivity contribution is 0.595. The van der Waals surface area contributed by atoms with Gasteiger partial charge in [-0.25, -0.2) is 4.98 Å². The first-order valence-corrected chi connectivity index (χ1v) is 7.84. The quantitative estimate of drug-likeness (QED) is 0.918. The van der Waals surface area contributed by atoms with Gasteiger partial charge in [0.2, 0.25) is 0 Å². The number of thiazole rings is 1. The van der Waals surface area contributed by atoms with Crippen molar-refractivity contribution < 1.29 is 0 Å². The molecule has 18 heavy (non-hydrogen) atoms. The Morgan fingerprint density at radius 2 is 2.17 bits per heavy atom. The van der Waals surface area contributed by atoms with Gasteiger partial charge < -0.3 is 5.32 Å². The summed E-state index contributed by atoms with van der Waals surface area (Å²) in [5.41, 5.74) is 2.38. The van der Waals surface area contributed by atoms with E-state index < -0.39 is 0 Å². The minimum absolute atomic E-state index is 0.215. The number of aromatic nitrogens is 1. The standard InChI is InChI=1S/C14H15BrN2S/c1-9-8-18-14(16-9)13(17-10-6-7-10)11-4-2-3-5-12(11)15/h2-5,8,10,13,17H,6-7H2,1H3. The molecule has 1 unspecified atom stereocenters. The van der Waals surface area contributed by atoms with Crippen molar-refractivity contribution in [2.45, 2.75) is 31.8 Å². The van der Waals surface area contributed by atoms with Crippen LogP contribution in [0.5, 0.6) is 0 Å². The Labute approximate surface area is 120 Å². The predicted molar refractivity (Wildman–Crippen MR) is 79.0 cm³/mol. The summed E-state index contributed by atoms with van der Waals surface area (Å²) < 4.78 is 1.15. The number of hydrogen-bond donors (Lipinski definition) is 1. The van der Waals surface area contributed by atoms with Crippen molar-refractivity contribution in [3.8, 4) is 0 Å². The summed E-state index contributed by atoms with van der Waals surface area (Å²) in [7, 11) is 0. The Balaban J connectivity index is 1.96. The maximum Gasteiger partial charge on any atom is 0.114 e. The summed E-state index contributed by atoms with van der Waals surface area (Å²) in [4.78, 5) is 4.64. The largest absolute Gasteiger partial charge is 0.301 e. The topological polar surface area (TPSA) is 24.9 Å². The normalized spacial score (nSPS) is 16.8. The average molecular weight is 323 g/mol. The Morgan fingerprint density at radius 3 is 2.78 bits per heavy atom. The van der Waals surface area contributed by atoms with Crippen LogP contribution >= 0.6 is 27.3 Å². The molecule has 1 saturated carbocycles. The number of aryl methyl sites for hydroxylation is 1. The van der Waals surface area contributed by atoms with Crippen LogP contribution in [0.25, 0.3) is 0 Å². The van der Waals surface area contributed by atoms with E-state index in [-0.39, 0.29) is 6.04 Å². The Bertz CT molecular complexity index is 548. The fourth-order valence-corrected chi connectivity index (χ4v) is 3.38. The van der Waals surface area contributed by atoms with E-state index in [0.717, 1.165) is 15.2 Å². The van der Waals surface area contributed by atoms with Gasteiger partial charge in [-0.3, -0.25) is 0 Å². The van der Waals surface area contributed by atoms with Crippen molar-refractivity contribution >= 4 is 27.3 Å². The highest BCUT2D eigenvalue weighted by molar-refractivity contribution is 9.10. The highest BCUT2D eigenvalue weighted by atomic mass is 79.9. The number of benzene rings is 1. The van der Waals surface area contributed by atoms with Gasteiger partial charge in [0.15, 0.2) is 0 Å². The van der Waals surface area contributed by atoms with Gasteiger partial charge in [-0.15, -0.1) is 11.3 Å². The van der Waals surface area contributed by atoms with E-state index in [1.54, 1.807) is 11.3 Å². The van der Waals surface area contributed by atoms with Crippen LogP contribution < -0.4 is 5.32 Å². The number of nitrogens with zero attached hydrogens (tertiary/aromatic N) is 1. The molecule has 1 N–H and O–H groups in total. The molecule has 0 bridgehead atoms. The van der Waals surface area contributed by atoms with Gasteiger partial charge in [-0.1, -0.05) is 34.1 Å². The van der Waals surface area contributed by atoms with Crippen LogP contribution in [0.1, 0.15) is 35.1 Å². The van der Waals surface area contributed by atoms with E-state index in [4.69, 9.17) is 0 Å². The van der Waals surface area contributed by atoms with Gasteiger partial charge in [0.05, 0.1) is 6.04 Å². The van der Waals surface area contributed by atoms with Crippen LogP contribution in [0.2, 0.25) is 0 Å². The molecule has 0 aliphatic heterocycles. The van der Waals surface area contributed by atoms with E-state index >= 15 is 0 Å². The molecule has 0 spiro atoms. The average Bonchev–Trinajstić information content (AvgIpc) is 3.08. The number of hydrogen-bond acceptors (Lipinski definition) is 3. The second kappa shape index (κ2) is 5.11. The maximum absolute atomic E-state index is 4.64. The van der Waals surface area contributed by atoms with Crippen LogP contribution in [0.4, 0.5) is 0 Å². The summed E-state index contributed by atoms with van der Waals surface area (Å²) in [5.74, 6) is 0. The monoisotopic (exact) mass is 322 g/mol. The minimum atomic E-state index is 0.215. The van der Waals surface area contributed by atoms with E-state index in [0.29, 0.717) is 6.04 Å². The van der Waals surface area contributed by atoms with Gasteiger partial charge in [0.25, 0.3) is 0 Å². The summed E-state index contributed by atoms with van der Waals surface area (Å²) >= 11 is 5.38. The summed E-state index contributed by atoms with van der Waals surface area (Å²) in [6.45, 7) is 2.05. The first-order valence-electron chi connectivity index (χ1n) is 6.16. The molecule has 0 saturated heterocycles. The van der Waals surface area contributed by atoms with Crippen molar-refractivity contribution in [1.82, 2.24) is 10.3 Å². The Morgan fingerprint density at radius 1 is 1.39 bits per heavy atom. The summed E-state index contributed by atoms with van der Waals surface area (Å²) in [5, 5.41) is 6.97. The van der Waals surface area contributed by atoms with Crippen molar-refractivity contribution in [3.05, 3.63) is 50.4 Å². The molecular weight excluding hydrogens is 308 g/mol. The third-order valence-corrected chi connectivity index (χ3v) is 4.83. The molecular formula is C14H15BrN2S. The molecule has 1 heterocycles. The predicted octanol–water partition coefficient (Wildman–Crippen LogP) is 4.06. The third-order valence-electron chi connectivity index (χ3n) is 3.08. The number of rotatable bonds is 4. The molecule has 1 atom stereocenters. The van der Waals surface area contributed by atoms with Gasteiger partial charge in [0, 0.05) is 21.6 Å². The lowest BCUT2D eigenvalue weighted by Gasteiger charge is -2.18. The molecule has 0 radical (unpaired) electrons. The number of halogens is 1. The molecule has 4 heteroatoms. The van der Waals surface area contributed by atoms with E-state index in [1.807, 2.05) is 6.92 Å². The molecule has 94 valence electrons. The van der Waals surface area contributed by atoms with Crippen molar-refractivity contribution in [3.63, 3.8) is 0 Å². The van der Waals surface area contributed by atoms with Crippen LogP contribution in [0.3, 0.4) is 0 Å². The zero-order valence-electron chi connectivity index (χ0n) is 10.2. The van der Waals surface area contributed by atoms with Crippen LogP contribution in [-0.2, 0) is 0 Å². The summed E-state index contributed by atoms with van der Waals surface area (Å²) in [6, 6.07) is 9.27. The first-order chi connectivity index (χ1) is 8.74. The minimum Gasteiger partial charge on any atom is -0.301 e. The van der Waals surface area contributed by atoms with Gasteiger partial charge >= 0.3 is 0 Å². The van der Waals surface area contributed by atoms with Gasteiger partial charge in [-0.2, -0.15) is 0 Å². The van der Waals surface area contributed by atoms with Crippen molar-refractivity contribution in [1.29, 1.82) is 0 Å². The fourth-order valence-electron chi connectivity index (χ4n) is 1.99. The molecule has 2 aromatic rings. The van der Waals surface area contributed by atoms with Crippen molar-refractivity contribution in [2.75, 3.05) is 0 Å². The number of nitrogens with one attached hydrogen (secondary N) is 1. The molecule has 0 amide bonds. The van der Waals surface area contributed by atoms with Crippen molar-refractivity contribution in [2.24, 2.45) is 0 Å². The molecule has 1 aromatic heterocycles. The van der Waals surface area contributed by atoms with Crippen LogP contribution in [-0.4, -0.2) is 11.0 Å². The fraction of sp³-hybridized carbons (Fsp3) is 0.357. The molecule has 1 aliphatic carbocycles. The van der Waals surface area contributed by atoms with E-state index in [9.17, 15) is 0 Å².